The van der Waals surface area contributed by atoms with Gasteiger partial charge in [-0.05, 0) is 89.7 Å². The average molecular weight is 765 g/mol. The third-order valence-electron chi connectivity index (χ3n) is 8.52. The summed E-state index contributed by atoms with van der Waals surface area (Å²) in [5, 5.41) is 12.6. The number of esters is 1. The van der Waals surface area contributed by atoms with E-state index in [-0.39, 0.29) is 18.2 Å². The number of benzene rings is 3. The second kappa shape index (κ2) is 18.2. The van der Waals surface area contributed by atoms with Crippen LogP contribution in [-0.2, 0) is 33.8 Å². The van der Waals surface area contributed by atoms with E-state index in [1.807, 2.05) is 54.1 Å². The Morgan fingerprint density at radius 2 is 1.72 bits per heavy atom. The molecule has 53 heavy (non-hydrogen) atoms. The van der Waals surface area contributed by atoms with E-state index in [0.717, 1.165) is 34.0 Å². The van der Waals surface area contributed by atoms with Crippen molar-refractivity contribution in [3.8, 4) is 0 Å². The van der Waals surface area contributed by atoms with Gasteiger partial charge < -0.3 is 20.7 Å². The lowest BCUT2D eigenvalue weighted by molar-refractivity contribution is -0.116. The van der Waals surface area contributed by atoms with E-state index in [4.69, 9.17) is 4.74 Å². The number of thioether (sulfide) groups is 1. The number of carbonyl (C=O) groups excluding carboxylic acids is 4. The first-order valence-electron chi connectivity index (χ1n) is 17.4. The lowest BCUT2D eigenvalue weighted by Gasteiger charge is -2.27. The van der Waals surface area contributed by atoms with Gasteiger partial charge in [0.2, 0.25) is 5.91 Å². The fourth-order valence-electron chi connectivity index (χ4n) is 5.93. The zero-order valence-corrected chi connectivity index (χ0v) is 31.9. The number of thiophene rings is 2. The molecule has 272 valence electrons. The molecule has 1 aliphatic heterocycles. The quantitative estimate of drug-likeness (QED) is 0.0591. The minimum Gasteiger partial charge on any atom is -0.462 e. The van der Waals surface area contributed by atoms with Gasteiger partial charge in [0.15, 0.2) is 0 Å². The number of hydrogen-bond donors (Lipinski definition) is 3. The minimum absolute atomic E-state index is 0.0976. The molecule has 6 rings (SSSR count). The summed E-state index contributed by atoms with van der Waals surface area (Å²) in [5.41, 5.74) is 4.46. The van der Waals surface area contributed by atoms with Crippen LogP contribution in [0.5, 0.6) is 0 Å². The van der Waals surface area contributed by atoms with Gasteiger partial charge in [-0.2, -0.15) is 11.3 Å². The van der Waals surface area contributed by atoms with E-state index in [1.165, 1.54) is 40.0 Å². The molecule has 0 radical (unpaired) electrons. The first-order valence-corrected chi connectivity index (χ1v) is 20.0. The molecular weight excluding hydrogens is 725 g/mol. The second-order valence-corrected chi connectivity index (χ2v) is 15.5. The second-order valence-electron chi connectivity index (χ2n) is 12.3. The van der Waals surface area contributed by atoms with Crippen LogP contribution in [0.3, 0.4) is 0 Å². The number of carbonyl (C=O) groups is 4. The van der Waals surface area contributed by atoms with Crippen molar-refractivity contribution in [3.63, 3.8) is 0 Å². The van der Waals surface area contributed by atoms with Crippen LogP contribution in [0.4, 0.5) is 10.7 Å². The molecule has 1 atom stereocenters. The third-order valence-corrected chi connectivity index (χ3v) is 11.7. The molecule has 3 amide bonds. The van der Waals surface area contributed by atoms with E-state index in [1.54, 1.807) is 55.5 Å². The maximum atomic E-state index is 13.8. The van der Waals surface area contributed by atoms with Crippen LogP contribution in [0.25, 0.3) is 6.08 Å². The van der Waals surface area contributed by atoms with Crippen LogP contribution in [0, 0.1) is 0 Å². The topological polar surface area (TPSA) is 117 Å². The number of ether oxygens (including phenoxy) is 1. The number of hydrogen-bond acceptors (Lipinski definition) is 9. The first kappa shape index (κ1) is 37.7. The van der Waals surface area contributed by atoms with E-state index in [2.05, 4.69) is 33.0 Å². The predicted molar refractivity (Wildman–Crippen MR) is 214 cm³/mol. The fraction of sp³-hybridized carbons (Fsp3) is 0.220. The summed E-state index contributed by atoms with van der Waals surface area (Å²) in [5.74, 6) is -1.52. The molecule has 0 aliphatic carbocycles. The number of anilines is 2. The van der Waals surface area contributed by atoms with Gasteiger partial charge >= 0.3 is 5.97 Å². The molecule has 2 aromatic heterocycles. The summed E-state index contributed by atoms with van der Waals surface area (Å²) in [7, 11) is 0. The maximum absolute atomic E-state index is 13.8. The summed E-state index contributed by atoms with van der Waals surface area (Å²) in [6, 6.07) is 28.1. The Morgan fingerprint density at radius 3 is 2.43 bits per heavy atom. The summed E-state index contributed by atoms with van der Waals surface area (Å²) in [6.45, 7) is 6.23. The van der Waals surface area contributed by atoms with Crippen molar-refractivity contribution in [1.82, 2.24) is 10.2 Å². The lowest BCUT2D eigenvalue weighted by atomic mass is 10.0. The number of nitrogens with zero attached hydrogens (tertiary/aromatic N) is 1. The first-order chi connectivity index (χ1) is 25.8. The van der Waals surface area contributed by atoms with Gasteiger partial charge in [-0.25, -0.2) is 4.79 Å². The van der Waals surface area contributed by atoms with Gasteiger partial charge in [0.25, 0.3) is 11.8 Å². The normalized spacial score (nSPS) is 13.4. The number of rotatable bonds is 14. The Hall–Kier alpha value is -5.01. The van der Waals surface area contributed by atoms with Crippen LogP contribution in [0.15, 0.2) is 112 Å². The molecule has 1 aliphatic rings. The van der Waals surface area contributed by atoms with E-state index in [0.29, 0.717) is 41.2 Å². The molecule has 3 N–H and O–H groups in total. The van der Waals surface area contributed by atoms with E-state index in [9.17, 15) is 19.2 Å². The molecular formula is C41H40N4O5S3. The van der Waals surface area contributed by atoms with Crippen LogP contribution in [0.2, 0.25) is 0 Å². The minimum atomic E-state index is -0.483. The monoisotopic (exact) mass is 764 g/mol. The Balaban J connectivity index is 1.15. The van der Waals surface area contributed by atoms with Gasteiger partial charge in [-0.15, -0.1) is 23.1 Å². The van der Waals surface area contributed by atoms with Crippen molar-refractivity contribution in [2.24, 2.45) is 0 Å². The highest BCUT2D eigenvalue weighted by molar-refractivity contribution is 8.00. The molecule has 0 saturated heterocycles. The zero-order valence-electron chi connectivity index (χ0n) is 29.4. The van der Waals surface area contributed by atoms with E-state index >= 15 is 0 Å². The van der Waals surface area contributed by atoms with Crippen LogP contribution < -0.4 is 16.0 Å². The van der Waals surface area contributed by atoms with Gasteiger partial charge in [0, 0.05) is 40.7 Å². The average Bonchev–Trinajstić information content (AvgIpc) is 3.82. The van der Waals surface area contributed by atoms with Crippen LogP contribution in [-0.4, -0.2) is 47.0 Å². The molecule has 1 unspecified atom stereocenters. The Morgan fingerprint density at radius 1 is 0.943 bits per heavy atom. The zero-order chi connectivity index (χ0) is 37.2. The van der Waals surface area contributed by atoms with Gasteiger partial charge in [0.05, 0.1) is 17.4 Å². The standard InChI is InChI=1S/C41H40N4O5S3/c1-3-34(39(48)44-40-36(41(49)50-4-2)32-18-20-45(25-35(32)53-40)24-27-12-7-5-8-13-27)52-31-17-11-16-30(23-31)42-38(47)33(22-28-19-21-51-26-28)43-37(46)29-14-9-6-10-15-29/h5-17,19,21-23,26,34H,3-4,18,20,24-25H2,1-2H3,(H,42,47)(H,43,46)(H,44,48)/b33-22-. The Labute approximate surface area is 321 Å². The lowest BCUT2D eigenvalue weighted by Crippen LogP contribution is -2.30. The van der Waals surface area contributed by atoms with Crippen molar-refractivity contribution in [2.75, 3.05) is 23.8 Å². The molecule has 12 heteroatoms. The van der Waals surface area contributed by atoms with Crippen LogP contribution >= 0.6 is 34.4 Å². The SMILES string of the molecule is CCOC(=O)c1c(NC(=O)C(CC)Sc2cccc(NC(=O)/C(=C/c3ccsc3)NC(=O)c3ccccc3)c2)sc2c1CCN(Cc1ccccc1)C2. The molecule has 0 bridgehead atoms. The third kappa shape index (κ3) is 9.91. The smallest absolute Gasteiger partial charge is 0.341 e. The highest BCUT2D eigenvalue weighted by atomic mass is 32.2. The highest BCUT2D eigenvalue weighted by Gasteiger charge is 2.31. The van der Waals surface area contributed by atoms with Gasteiger partial charge in [0.1, 0.15) is 10.7 Å². The van der Waals surface area contributed by atoms with Crippen molar-refractivity contribution in [3.05, 3.63) is 140 Å². The summed E-state index contributed by atoms with van der Waals surface area (Å²) < 4.78 is 5.45. The van der Waals surface area contributed by atoms with Crippen molar-refractivity contribution in [1.29, 1.82) is 0 Å². The van der Waals surface area contributed by atoms with Crippen molar-refractivity contribution < 1.29 is 23.9 Å². The molecule has 0 fully saturated rings. The molecule has 5 aromatic rings. The molecule has 0 spiro atoms. The highest BCUT2D eigenvalue weighted by Crippen LogP contribution is 2.39. The largest absolute Gasteiger partial charge is 0.462 e. The maximum Gasteiger partial charge on any atom is 0.341 e. The number of nitrogens with one attached hydrogen (secondary N) is 3. The van der Waals surface area contributed by atoms with Crippen molar-refractivity contribution in [2.45, 2.75) is 49.9 Å². The van der Waals surface area contributed by atoms with Crippen LogP contribution in [0.1, 0.15) is 62.6 Å². The molecule has 9 nitrogen and oxygen atoms in total. The summed E-state index contributed by atoms with van der Waals surface area (Å²) in [6.07, 6.45) is 2.85. The van der Waals surface area contributed by atoms with E-state index < -0.39 is 23.0 Å². The summed E-state index contributed by atoms with van der Waals surface area (Å²) >= 11 is 4.30. The predicted octanol–water partition coefficient (Wildman–Crippen LogP) is 8.46. The Kier molecular flexibility index (Phi) is 12.9. The van der Waals surface area contributed by atoms with Gasteiger partial charge in [-0.3, -0.25) is 19.3 Å². The Bertz CT molecular complexity index is 2080. The van der Waals surface area contributed by atoms with Gasteiger partial charge in [-0.1, -0.05) is 61.5 Å². The molecule has 3 aromatic carbocycles. The number of amides is 3. The molecule has 3 heterocycles. The number of fused-ring (bicyclic) bond motifs is 1. The fourth-order valence-corrected chi connectivity index (χ4v) is 8.84. The van der Waals surface area contributed by atoms with Crippen molar-refractivity contribution >= 4 is 74.9 Å². The summed E-state index contributed by atoms with van der Waals surface area (Å²) in [4.78, 5) is 57.7. The molecule has 0 saturated carbocycles.